The van der Waals surface area contributed by atoms with Gasteiger partial charge in [0, 0.05) is 10.2 Å². The van der Waals surface area contributed by atoms with Gasteiger partial charge in [0.1, 0.15) is 0 Å². The van der Waals surface area contributed by atoms with Gasteiger partial charge in [-0.15, -0.1) is 5.92 Å². The van der Waals surface area contributed by atoms with Crippen molar-refractivity contribution in [2.75, 3.05) is 18.5 Å². The Morgan fingerprint density at radius 1 is 1.14 bits per heavy atom. The Labute approximate surface area is 165 Å². The van der Waals surface area contributed by atoms with Crippen LogP contribution in [0.15, 0.2) is 28.7 Å². The van der Waals surface area contributed by atoms with Crippen molar-refractivity contribution in [3.05, 3.63) is 34.7 Å². The second-order valence-electron chi connectivity index (χ2n) is 3.78. The van der Waals surface area contributed by atoms with E-state index in [0.29, 0.717) is 5.69 Å². The predicted octanol–water partition coefficient (Wildman–Crippen LogP) is -0.107. The zero-order chi connectivity index (χ0) is 15.8. The van der Waals surface area contributed by atoms with Crippen LogP contribution in [-0.2, 0) is 19.1 Å². The number of hydrogen-bond acceptors (Lipinski definition) is 5. The largest absolute Gasteiger partial charge is 1.00 e. The van der Waals surface area contributed by atoms with E-state index in [-0.39, 0.29) is 53.7 Å². The van der Waals surface area contributed by atoms with Gasteiger partial charge in [0.25, 0.3) is 0 Å². The first-order chi connectivity index (χ1) is 9.99. The van der Waals surface area contributed by atoms with Gasteiger partial charge in [0.2, 0.25) is 0 Å². The van der Waals surface area contributed by atoms with Crippen molar-refractivity contribution in [3.63, 3.8) is 0 Å². The molecule has 0 atom stereocenters. The van der Waals surface area contributed by atoms with E-state index in [4.69, 9.17) is 21.7 Å². The third-order valence-electron chi connectivity index (χ3n) is 2.29. The molecule has 0 heterocycles. The van der Waals surface area contributed by atoms with E-state index < -0.39 is 11.9 Å². The van der Waals surface area contributed by atoms with Gasteiger partial charge in [-0.3, -0.25) is 9.59 Å². The molecule has 0 aliphatic heterocycles. The summed E-state index contributed by atoms with van der Waals surface area (Å²) in [5.74, 6) is -1.91. The van der Waals surface area contributed by atoms with Crippen molar-refractivity contribution >= 4 is 50.8 Å². The molecule has 0 aliphatic rings. The molecule has 0 amide bonds. The molecule has 0 unspecified atom stereocenters. The molecule has 0 spiro atoms. The molecule has 0 saturated carbocycles. The molecule has 5 nitrogen and oxygen atoms in total. The van der Waals surface area contributed by atoms with Crippen LogP contribution < -0.4 is 34.9 Å². The smallest absolute Gasteiger partial charge is 0.487 e. The molecule has 0 bridgehead atoms. The summed E-state index contributed by atoms with van der Waals surface area (Å²) in [4.78, 5) is 23.7. The number of hydrogen-bond donors (Lipinski definition) is 1. The van der Waals surface area contributed by atoms with Gasteiger partial charge in [-0.25, -0.2) is 0 Å². The normalized spacial score (nSPS) is 9.23. The van der Waals surface area contributed by atoms with Crippen molar-refractivity contribution in [1.29, 1.82) is 0 Å². The van der Waals surface area contributed by atoms with Crippen molar-refractivity contribution in [1.82, 2.24) is 0 Å². The molecule has 8 heteroatoms. The molecule has 1 aromatic rings. The second-order valence-corrected chi connectivity index (χ2v) is 5.10. The third kappa shape index (κ3) is 6.66. The number of rotatable bonds is 6. The molecule has 0 aliphatic carbocycles. The number of ether oxygens (including phenoxy) is 2. The first-order valence-electron chi connectivity index (χ1n) is 6.27. The number of halogens is 1. The molecule has 0 aromatic heterocycles. The van der Waals surface area contributed by atoms with Crippen molar-refractivity contribution in [3.8, 4) is 0 Å². The van der Waals surface area contributed by atoms with Crippen LogP contribution >= 0.6 is 28.1 Å². The Morgan fingerprint density at radius 3 is 2.00 bits per heavy atom. The van der Waals surface area contributed by atoms with Crippen molar-refractivity contribution in [2.24, 2.45) is 0 Å². The summed E-state index contributed by atoms with van der Waals surface area (Å²) >= 11 is 8.42. The van der Waals surface area contributed by atoms with E-state index in [0.717, 1.165) is 4.47 Å². The summed E-state index contributed by atoms with van der Waals surface area (Å²) in [6.45, 7) is 3.57. The summed E-state index contributed by atoms with van der Waals surface area (Å²) in [6, 6.07) is 7.12. The first kappa shape index (κ1) is 21.4. The van der Waals surface area contributed by atoms with E-state index in [1.165, 1.54) is 0 Å². The van der Waals surface area contributed by atoms with Crippen LogP contribution in [-0.4, -0.2) is 30.1 Å². The van der Waals surface area contributed by atoms with Crippen LogP contribution in [0.25, 0.3) is 0 Å². The molecule has 1 rings (SSSR count). The van der Waals surface area contributed by atoms with Crippen LogP contribution in [0.4, 0.5) is 5.69 Å². The van der Waals surface area contributed by atoms with Crippen molar-refractivity contribution < 1.29 is 48.6 Å². The Hall–Kier alpha value is -0.600. The van der Waals surface area contributed by atoms with Crippen LogP contribution in [0.2, 0.25) is 0 Å². The van der Waals surface area contributed by atoms with E-state index in [1.807, 2.05) is 0 Å². The summed E-state index contributed by atoms with van der Waals surface area (Å²) < 4.78 is 10.6. The number of carbonyl (C=O) groups excluding carboxylic acids is 2. The molecule has 1 aromatic carbocycles. The molecular weight excluding hydrogens is 381 g/mol. The summed E-state index contributed by atoms with van der Waals surface area (Å²) in [6.07, 6.45) is 0. The Kier molecular flexibility index (Phi) is 10.7. The fraction of sp³-hybridized carbons (Fsp3) is 0.286. The Balaban J connectivity index is 0.00000441. The van der Waals surface area contributed by atoms with Crippen molar-refractivity contribution in [2.45, 2.75) is 13.8 Å². The van der Waals surface area contributed by atoms with Crippen LogP contribution in [0.5, 0.6) is 0 Å². The molecule has 22 heavy (non-hydrogen) atoms. The SMILES string of the molecule is CCOC(=O)[C-](C(=O)OCC)C(=S)Nc1ccc(Br)cc1.[Na+]. The Morgan fingerprint density at radius 2 is 1.59 bits per heavy atom. The number of thiocarbonyl (C=S) groups is 1. The first-order valence-corrected chi connectivity index (χ1v) is 7.47. The third-order valence-corrected chi connectivity index (χ3v) is 3.12. The van der Waals surface area contributed by atoms with Crippen LogP contribution in [0, 0.1) is 5.92 Å². The second kappa shape index (κ2) is 11.0. The zero-order valence-electron chi connectivity index (χ0n) is 12.6. The minimum Gasteiger partial charge on any atom is -0.487 e. The topological polar surface area (TPSA) is 64.6 Å². The fourth-order valence-corrected chi connectivity index (χ4v) is 1.95. The van der Waals surface area contributed by atoms with Gasteiger partial charge < -0.3 is 14.8 Å². The quantitative estimate of drug-likeness (QED) is 0.238. The molecule has 114 valence electrons. The molecule has 0 radical (unpaired) electrons. The van der Waals surface area contributed by atoms with E-state index >= 15 is 0 Å². The predicted molar refractivity (Wildman–Crippen MR) is 86.9 cm³/mol. The van der Waals surface area contributed by atoms with E-state index in [9.17, 15) is 9.59 Å². The zero-order valence-corrected chi connectivity index (χ0v) is 17.0. The molecule has 0 fully saturated rings. The van der Waals surface area contributed by atoms with Gasteiger partial charge >= 0.3 is 29.6 Å². The van der Waals surface area contributed by atoms with Crippen LogP contribution in [0.3, 0.4) is 0 Å². The summed E-state index contributed by atoms with van der Waals surface area (Å²) in [7, 11) is 0. The maximum atomic E-state index is 11.9. The van der Waals surface area contributed by atoms with E-state index in [2.05, 4.69) is 21.2 Å². The maximum absolute atomic E-state index is 11.9. The number of esters is 2. The summed E-state index contributed by atoms with van der Waals surface area (Å²) in [5, 5.41) is 2.82. The van der Waals surface area contributed by atoms with Gasteiger partial charge in [-0.2, -0.15) is 0 Å². The molecular formula is C14H15BrNNaO4S. The number of nitrogens with one attached hydrogen (secondary N) is 1. The maximum Gasteiger partial charge on any atom is 1.00 e. The molecule has 1 N–H and O–H groups in total. The minimum atomic E-state index is -0.800. The molecule has 0 saturated heterocycles. The average Bonchev–Trinajstić information content (AvgIpc) is 2.42. The van der Waals surface area contributed by atoms with Gasteiger partial charge in [-0.05, 0) is 43.1 Å². The van der Waals surface area contributed by atoms with E-state index in [1.54, 1.807) is 38.1 Å². The Bertz CT molecular complexity index is 506. The van der Waals surface area contributed by atoms with Gasteiger partial charge in [-0.1, -0.05) is 28.1 Å². The average molecular weight is 396 g/mol. The number of benzene rings is 1. The van der Waals surface area contributed by atoms with Gasteiger partial charge in [0.15, 0.2) is 11.9 Å². The minimum absolute atomic E-state index is 0. The van der Waals surface area contributed by atoms with Crippen LogP contribution in [0.1, 0.15) is 13.8 Å². The van der Waals surface area contributed by atoms with Gasteiger partial charge in [0.05, 0.1) is 13.2 Å². The fourth-order valence-electron chi connectivity index (χ4n) is 1.40. The monoisotopic (exact) mass is 395 g/mol. The number of carbonyl (C=O) groups is 2. The summed E-state index contributed by atoms with van der Waals surface area (Å²) in [5.41, 5.74) is 0.647. The number of anilines is 1. The standard InChI is InChI=1S/C14H15BrNO4S.Na/c1-3-19-13(17)11(14(18)20-4-2)12(21)16-10-7-5-9(15)6-8-10;/h5-8H,3-4H2,1-2H3,(H,16,21);/q-1;+1.